The predicted octanol–water partition coefficient (Wildman–Crippen LogP) is 7.78. The van der Waals surface area contributed by atoms with Gasteiger partial charge in [-0.25, -0.2) is 18.4 Å². The van der Waals surface area contributed by atoms with Gasteiger partial charge >= 0.3 is 5.97 Å². The van der Waals surface area contributed by atoms with E-state index in [0.29, 0.717) is 37.7 Å². The Morgan fingerprint density at radius 2 is 1.92 bits per heavy atom. The summed E-state index contributed by atoms with van der Waals surface area (Å²) in [6.45, 7) is 13.3. The fourth-order valence-electron chi connectivity index (χ4n) is 8.61. The van der Waals surface area contributed by atoms with Crippen LogP contribution in [0.4, 0.5) is 5.69 Å². The maximum atomic E-state index is 12.5. The number of ether oxygens (including phenoxy) is 1. The van der Waals surface area contributed by atoms with Crippen LogP contribution in [-0.2, 0) is 26.3 Å². The van der Waals surface area contributed by atoms with E-state index in [-0.39, 0.29) is 34.0 Å². The van der Waals surface area contributed by atoms with Crippen molar-refractivity contribution in [3.8, 4) is 5.75 Å². The second-order valence-electron chi connectivity index (χ2n) is 16.6. The van der Waals surface area contributed by atoms with Gasteiger partial charge in [0.25, 0.3) is 0 Å². The third kappa shape index (κ3) is 7.07. The fraction of sp³-hybridized carbons (Fsp3) is 0.649. The van der Waals surface area contributed by atoms with Gasteiger partial charge in [0.15, 0.2) is 8.32 Å². The third-order valence-corrected chi connectivity index (χ3v) is 18.5. The Morgan fingerprint density at radius 1 is 1.15 bits per heavy atom. The molecular weight excluding hydrogens is 664 g/mol. The Balaban J connectivity index is 1.35. The van der Waals surface area contributed by atoms with Gasteiger partial charge in [-0.15, -0.1) is 0 Å². The van der Waals surface area contributed by atoms with Crippen molar-refractivity contribution < 1.29 is 27.5 Å². The molecule has 8 nitrogen and oxygen atoms in total. The Kier molecular flexibility index (Phi) is 9.83. The molecule has 1 aliphatic heterocycles. The first-order valence-electron chi connectivity index (χ1n) is 17.7. The van der Waals surface area contributed by atoms with E-state index in [0.717, 1.165) is 62.2 Å². The van der Waals surface area contributed by atoms with Crippen molar-refractivity contribution in [1.82, 2.24) is 0 Å². The molecule has 3 aliphatic carbocycles. The molecule has 11 heteroatoms. The molecule has 6 rings (SSSR count). The highest BCUT2D eigenvalue weighted by molar-refractivity contribution is 7.89. The number of halogens is 1. The molecule has 1 heterocycles. The number of fused-ring (bicyclic) bond motifs is 3. The van der Waals surface area contributed by atoms with E-state index in [1.54, 1.807) is 12.1 Å². The van der Waals surface area contributed by atoms with Crippen LogP contribution >= 0.6 is 11.6 Å². The zero-order chi connectivity index (χ0) is 34.6. The highest BCUT2D eigenvalue weighted by atomic mass is 35.5. The van der Waals surface area contributed by atoms with Crippen LogP contribution in [0, 0.1) is 17.8 Å². The maximum absolute atomic E-state index is 12.5. The SMILES string of the molecule is CC(C)(C)[Si](C)(C)OC([C@@H]1CCC[C@H](S(N)(=O)=O)C1)[C@@H]1CC[C@H]1CN1C[C@@]2(CCCc3cc(Cl)ccc32)COc2ccc(C(=O)O)cc21. The van der Waals surface area contributed by atoms with Gasteiger partial charge in [0, 0.05) is 23.5 Å². The number of aromatic carboxylic acids is 1. The number of sulfonamides is 1. The van der Waals surface area contributed by atoms with Crippen LogP contribution in [0.25, 0.3) is 0 Å². The Bertz CT molecular complexity index is 1640. The summed E-state index contributed by atoms with van der Waals surface area (Å²) in [5.41, 5.74) is 3.35. The largest absolute Gasteiger partial charge is 0.490 e. The standard InChI is InChI=1S/C37H53ClN2O6SSi/c1-36(2,3)48(4,5)46-34(25-8-6-10-29(19-25)47(39,43)44)30-14-11-27(30)21-40-22-37(17-7-9-24-18-28(38)13-15-31(24)37)23-45-33-16-12-26(35(41)42)20-32(33)40/h12-13,15-16,18,20,25,27,29-30,34H,6-11,14,17,19,21-23H2,1-5H3,(H,41,42)(H2,39,43,44)/t25-,27+,29+,30-,34?,37+/m1/s1. The van der Waals surface area contributed by atoms with Crippen molar-refractivity contribution in [2.75, 3.05) is 24.6 Å². The second-order valence-corrected chi connectivity index (χ2v) is 23.6. The normalized spacial score (nSPS) is 28.4. The smallest absolute Gasteiger partial charge is 0.335 e. The summed E-state index contributed by atoms with van der Waals surface area (Å²) in [5.74, 6) is 0.460. The number of hydrogen-bond donors (Lipinski definition) is 2. The predicted molar refractivity (Wildman–Crippen MR) is 194 cm³/mol. The Labute approximate surface area is 292 Å². The van der Waals surface area contributed by atoms with E-state index in [2.05, 4.69) is 50.9 Å². The average Bonchev–Trinajstić information content (AvgIpc) is 3.14. The van der Waals surface area contributed by atoms with E-state index >= 15 is 0 Å². The number of rotatable bonds is 8. The monoisotopic (exact) mass is 716 g/mol. The summed E-state index contributed by atoms with van der Waals surface area (Å²) in [7, 11) is -5.83. The number of carboxylic acid groups (broad SMARTS) is 1. The van der Waals surface area contributed by atoms with E-state index in [9.17, 15) is 18.3 Å². The molecule has 3 N–H and O–H groups in total. The first-order valence-corrected chi connectivity index (χ1v) is 22.6. The minimum absolute atomic E-state index is 0.0104. The zero-order valence-corrected chi connectivity index (χ0v) is 31.7. The van der Waals surface area contributed by atoms with Crippen LogP contribution in [0.5, 0.6) is 5.75 Å². The number of carboxylic acids is 1. The summed E-state index contributed by atoms with van der Waals surface area (Å²) >= 11 is 6.45. The number of nitrogens with zero attached hydrogens (tertiary/aromatic N) is 1. The molecule has 6 atom stereocenters. The Morgan fingerprint density at radius 3 is 2.58 bits per heavy atom. The summed E-state index contributed by atoms with van der Waals surface area (Å²) in [6.07, 6.45) is 7.94. The first kappa shape index (κ1) is 35.7. The summed E-state index contributed by atoms with van der Waals surface area (Å²) in [5, 5.41) is 15.9. The molecule has 2 saturated carbocycles. The van der Waals surface area contributed by atoms with E-state index in [1.165, 1.54) is 11.1 Å². The van der Waals surface area contributed by atoms with E-state index in [4.69, 9.17) is 25.9 Å². The first-order chi connectivity index (χ1) is 22.5. The summed E-state index contributed by atoms with van der Waals surface area (Å²) < 4.78 is 39.0. The molecule has 0 aromatic heterocycles. The number of anilines is 1. The lowest BCUT2D eigenvalue weighted by Crippen LogP contribution is -2.55. The molecule has 2 aromatic carbocycles. The van der Waals surface area contributed by atoms with Crippen molar-refractivity contribution in [1.29, 1.82) is 0 Å². The molecule has 4 aliphatic rings. The summed E-state index contributed by atoms with van der Waals surface area (Å²) in [4.78, 5) is 14.5. The second kappa shape index (κ2) is 13.2. The van der Waals surface area contributed by atoms with Gasteiger partial charge in [0.1, 0.15) is 5.75 Å². The van der Waals surface area contributed by atoms with Crippen LogP contribution in [-0.4, -0.2) is 58.9 Å². The van der Waals surface area contributed by atoms with Crippen LogP contribution in [0.2, 0.25) is 23.2 Å². The quantitative estimate of drug-likeness (QED) is 0.268. The number of benzene rings is 2. The van der Waals surface area contributed by atoms with Crippen LogP contribution < -0.4 is 14.8 Å². The molecule has 264 valence electrons. The Hall–Kier alpha value is -2.11. The maximum Gasteiger partial charge on any atom is 0.335 e. The molecule has 0 bridgehead atoms. The third-order valence-electron chi connectivity index (χ3n) is 12.5. The van der Waals surface area contributed by atoms with Crippen LogP contribution in [0.3, 0.4) is 0 Å². The van der Waals surface area contributed by atoms with Crippen molar-refractivity contribution in [3.63, 3.8) is 0 Å². The number of carbonyl (C=O) groups is 1. The molecule has 0 radical (unpaired) electrons. The minimum atomic E-state index is -3.63. The van der Waals surface area contributed by atoms with Gasteiger partial charge in [0.05, 0.1) is 29.2 Å². The highest BCUT2D eigenvalue weighted by Crippen LogP contribution is 2.50. The average molecular weight is 717 g/mol. The van der Waals surface area contributed by atoms with E-state index < -0.39 is 29.6 Å². The topological polar surface area (TPSA) is 119 Å². The molecule has 48 heavy (non-hydrogen) atoms. The number of nitrogens with two attached hydrogens (primary N) is 1. The zero-order valence-electron chi connectivity index (χ0n) is 29.1. The molecule has 1 spiro atoms. The highest BCUT2D eigenvalue weighted by Gasteiger charge is 2.50. The van der Waals surface area contributed by atoms with Gasteiger partial charge in [-0.1, -0.05) is 44.9 Å². The molecular formula is C37H53ClN2O6SSi. The number of aryl methyl sites for hydroxylation is 1. The lowest BCUT2D eigenvalue weighted by atomic mass is 9.65. The van der Waals surface area contributed by atoms with Gasteiger partial charge < -0.3 is 19.2 Å². The molecule has 2 fully saturated rings. The van der Waals surface area contributed by atoms with Gasteiger partial charge in [-0.2, -0.15) is 0 Å². The van der Waals surface area contributed by atoms with Gasteiger partial charge in [0.2, 0.25) is 10.0 Å². The van der Waals surface area contributed by atoms with Crippen LogP contribution in [0.15, 0.2) is 36.4 Å². The van der Waals surface area contributed by atoms with Crippen molar-refractivity contribution in [2.24, 2.45) is 22.9 Å². The molecule has 0 saturated heterocycles. The van der Waals surface area contributed by atoms with Gasteiger partial charge in [-0.3, -0.25) is 0 Å². The lowest BCUT2D eigenvalue weighted by Gasteiger charge is -2.52. The fourth-order valence-corrected chi connectivity index (χ4v) is 11.2. The minimum Gasteiger partial charge on any atom is -0.490 e. The van der Waals surface area contributed by atoms with Crippen LogP contribution in [0.1, 0.15) is 93.6 Å². The van der Waals surface area contributed by atoms with Crippen molar-refractivity contribution in [2.45, 2.75) is 113 Å². The number of hydrogen-bond acceptors (Lipinski definition) is 6. The lowest BCUT2D eigenvalue weighted by molar-refractivity contribution is -0.0227. The molecule has 1 unspecified atom stereocenters. The summed E-state index contributed by atoms with van der Waals surface area (Å²) in [6, 6.07) is 11.4. The molecule has 2 aromatic rings. The number of primary sulfonamides is 1. The van der Waals surface area contributed by atoms with Gasteiger partial charge in [-0.05, 0) is 129 Å². The molecule has 0 amide bonds. The van der Waals surface area contributed by atoms with Crippen molar-refractivity contribution >= 4 is 41.6 Å². The van der Waals surface area contributed by atoms with Crippen molar-refractivity contribution in [3.05, 3.63) is 58.1 Å². The van der Waals surface area contributed by atoms with E-state index in [1.807, 2.05) is 12.1 Å².